The number of likely N-dealkylation sites (tertiary alicyclic amines) is 1. The van der Waals surface area contributed by atoms with E-state index in [1.54, 1.807) is 0 Å². The maximum atomic E-state index is 4.89. The molecule has 0 saturated carbocycles. The van der Waals surface area contributed by atoms with Crippen molar-refractivity contribution in [3.8, 4) is 11.4 Å². The molecule has 1 aliphatic heterocycles. The zero-order chi connectivity index (χ0) is 13.9. The second-order valence-corrected chi connectivity index (χ2v) is 5.56. The summed E-state index contributed by atoms with van der Waals surface area (Å²) in [5.74, 6) is 0.601. The van der Waals surface area contributed by atoms with Crippen molar-refractivity contribution in [1.82, 2.24) is 19.7 Å². The molecule has 1 aliphatic rings. The normalized spacial score (nSPS) is 17.5. The molecule has 0 spiro atoms. The number of rotatable bonds is 3. The zero-order valence-electron chi connectivity index (χ0n) is 12.3. The van der Waals surface area contributed by atoms with Gasteiger partial charge in [0.2, 0.25) is 0 Å². The van der Waals surface area contributed by atoms with Crippen LogP contribution in [0.2, 0.25) is 0 Å². The molecule has 2 aromatic rings. The minimum atomic E-state index is 0.601. The van der Waals surface area contributed by atoms with Crippen LogP contribution < -0.4 is 0 Å². The summed E-state index contributed by atoms with van der Waals surface area (Å²) in [4.78, 5) is 7.29. The lowest BCUT2D eigenvalue weighted by Gasteiger charge is -2.28. The van der Waals surface area contributed by atoms with E-state index in [1.807, 2.05) is 16.9 Å². The molecular formula is C16H22N4. The van der Waals surface area contributed by atoms with Crippen molar-refractivity contribution in [2.75, 3.05) is 20.1 Å². The molecule has 0 aliphatic carbocycles. The largest absolute Gasteiger partial charge is 0.306 e. The molecular weight excluding hydrogens is 248 g/mol. The summed E-state index contributed by atoms with van der Waals surface area (Å²) >= 11 is 0. The third kappa shape index (κ3) is 2.61. The fourth-order valence-corrected chi connectivity index (χ4v) is 2.93. The van der Waals surface area contributed by atoms with Gasteiger partial charge in [-0.2, -0.15) is 5.10 Å². The van der Waals surface area contributed by atoms with Crippen LogP contribution in [0.3, 0.4) is 0 Å². The van der Waals surface area contributed by atoms with Gasteiger partial charge in [-0.15, -0.1) is 0 Å². The van der Waals surface area contributed by atoms with Gasteiger partial charge < -0.3 is 4.90 Å². The van der Waals surface area contributed by atoms with Gasteiger partial charge in [0.25, 0.3) is 0 Å². The maximum absolute atomic E-state index is 4.89. The van der Waals surface area contributed by atoms with E-state index in [2.05, 4.69) is 42.2 Å². The Morgan fingerprint density at radius 1 is 1.20 bits per heavy atom. The summed E-state index contributed by atoms with van der Waals surface area (Å²) in [5.41, 5.74) is 3.39. The molecule has 0 amide bonds. The topological polar surface area (TPSA) is 34.0 Å². The molecule has 2 aromatic heterocycles. The zero-order valence-corrected chi connectivity index (χ0v) is 12.3. The number of hydrogen-bond donors (Lipinski definition) is 0. The average molecular weight is 270 g/mol. The van der Waals surface area contributed by atoms with Crippen molar-refractivity contribution in [2.45, 2.75) is 32.2 Å². The van der Waals surface area contributed by atoms with Crippen LogP contribution in [0.25, 0.3) is 11.4 Å². The van der Waals surface area contributed by atoms with Gasteiger partial charge in [0, 0.05) is 24.4 Å². The Balaban J connectivity index is 1.86. The molecule has 3 heterocycles. The van der Waals surface area contributed by atoms with Gasteiger partial charge in [0.05, 0.1) is 11.4 Å². The second-order valence-electron chi connectivity index (χ2n) is 5.56. The lowest BCUT2D eigenvalue weighted by atomic mass is 9.93. The minimum absolute atomic E-state index is 0.601. The van der Waals surface area contributed by atoms with Crippen molar-refractivity contribution in [3.63, 3.8) is 0 Å². The van der Waals surface area contributed by atoms with Crippen LogP contribution in [0.4, 0.5) is 0 Å². The molecule has 106 valence electrons. The molecule has 0 atom stereocenters. The second kappa shape index (κ2) is 5.75. The van der Waals surface area contributed by atoms with E-state index < -0.39 is 0 Å². The van der Waals surface area contributed by atoms with Crippen molar-refractivity contribution in [3.05, 3.63) is 36.2 Å². The number of piperidine rings is 1. The minimum Gasteiger partial charge on any atom is -0.306 e. The van der Waals surface area contributed by atoms with Crippen LogP contribution in [-0.4, -0.2) is 39.8 Å². The van der Waals surface area contributed by atoms with Gasteiger partial charge in [-0.3, -0.25) is 9.67 Å². The lowest BCUT2D eigenvalue weighted by molar-refractivity contribution is 0.253. The Bertz CT molecular complexity index is 567. The lowest BCUT2D eigenvalue weighted by Crippen LogP contribution is -2.29. The highest BCUT2D eigenvalue weighted by Gasteiger charge is 2.20. The highest BCUT2D eigenvalue weighted by atomic mass is 15.3. The third-order valence-corrected chi connectivity index (χ3v) is 4.19. The first-order valence-corrected chi connectivity index (χ1v) is 7.45. The standard InChI is InChI=1S/C16H22N4/c1-3-20-16(7-10-17-20)15-6-4-5-14(18-15)13-8-11-19(2)12-9-13/h4-7,10,13H,3,8-9,11-12H2,1-2H3. The number of hydrogen-bond acceptors (Lipinski definition) is 3. The van der Waals surface area contributed by atoms with Crippen molar-refractivity contribution >= 4 is 0 Å². The summed E-state index contributed by atoms with van der Waals surface area (Å²) in [6.07, 6.45) is 4.27. The molecule has 1 saturated heterocycles. The molecule has 1 fully saturated rings. The molecule has 20 heavy (non-hydrogen) atoms. The number of aryl methyl sites for hydroxylation is 1. The number of nitrogens with zero attached hydrogens (tertiary/aromatic N) is 4. The van der Waals surface area contributed by atoms with E-state index in [1.165, 1.54) is 31.6 Å². The van der Waals surface area contributed by atoms with E-state index in [9.17, 15) is 0 Å². The highest BCUT2D eigenvalue weighted by molar-refractivity contribution is 5.54. The smallest absolute Gasteiger partial charge is 0.0886 e. The van der Waals surface area contributed by atoms with Crippen LogP contribution in [0, 0.1) is 0 Å². The van der Waals surface area contributed by atoms with E-state index in [0.717, 1.165) is 17.9 Å². The van der Waals surface area contributed by atoms with Gasteiger partial charge in [-0.25, -0.2) is 0 Å². The van der Waals surface area contributed by atoms with E-state index in [-0.39, 0.29) is 0 Å². The van der Waals surface area contributed by atoms with Crippen LogP contribution in [0.5, 0.6) is 0 Å². The molecule has 4 nitrogen and oxygen atoms in total. The summed E-state index contributed by atoms with van der Waals surface area (Å²) in [7, 11) is 2.19. The van der Waals surface area contributed by atoms with Crippen LogP contribution in [0.15, 0.2) is 30.5 Å². The van der Waals surface area contributed by atoms with E-state index >= 15 is 0 Å². The summed E-state index contributed by atoms with van der Waals surface area (Å²) in [5, 5.41) is 4.33. The highest BCUT2D eigenvalue weighted by Crippen LogP contribution is 2.27. The quantitative estimate of drug-likeness (QED) is 0.860. The maximum Gasteiger partial charge on any atom is 0.0886 e. The monoisotopic (exact) mass is 270 g/mol. The van der Waals surface area contributed by atoms with E-state index in [4.69, 9.17) is 4.98 Å². The SMILES string of the molecule is CCn1nccc1-c1cccc(C2CCN(C)CC2)n1. The molecule has 0 unspecified atom stereocenters. The molecule has 0 N–H and O–H groups in total. The average Bonchev–Trinajstić information content (AvgIpc) is 2.96. The Kier molecular flexibility index (Phi) is 3.83. The fourth-order valence-electron chi connectivity index (χ4n) is 2.93. The molecule has 0 radical (unpaired) electrons. The van der Waals surface area contributed by atoms with Crippen molar-refractivity contribution in [2.24, 2.45) is 0 Å². The van der Waals surface area contributed by atoms with Gasteiger partial charge in [0.15, 0.2) is 0 Å². The van der Waals surface area contributed by atoms with Crippen molar-refractivity contribution in [1.29, 1.82) is 0 Å². The van der Waals surface area contributed by atoms with Gasteiger partial charge in [-0.05, 0) is 58.1 Å². The summed E-state index contributed by atoms with van der Waals surface area (Å²) in [6.45, 7) is 5.33. The molecule has 0 aromatic carbocycles. The first-order chi connectivity index (χ1) is 9.78. The Morgan fingerprint density at radius 2 is 2.00 bits per heavy atom. The first kappa shape index (κ1) is 13.3. The van der Waals surface area contributed by atoms with Gasteiger partial charge in [-0.1, -0.05) is 6.07 Å². The van der Waals surface area contributed by atoms with Crippen LogP contribution >= 0.6 is 0 Å². The van der Waals surface area contributed by atoms with E-state index in [0.29, 0.717) is 5.92 Å². The third-order valence-electron chi connectivity index (χ3n) is 4.19. The Hall–Kier alpha value is -1.68. The summed E-state index contributed by atoms with van der Waals surface area (Å²) < 4.78 is 2.00. The molecule has 3 rings (SSSR count). The Labute approximate surface area is 120 Å². The van der Waals surface area contributed by atoms with Crippen LogP contribution in [-0.2, 0) is 6.54 Å². The van der Waals surface area contributed by atoms with Crippen molar-refractivity contribution < 1.29 is 0 Å². The number of pyridine rings is 1. The predicted molar refractivity (Wildman–Crippen MR) is 80.6 cm³/mol. The fraction of sp³-hybridized carbons (Fsp3) is 0.500. The number of aromatic nitrogens is 3. The summed E-state index contributed by atoms with van der Waals surface area (Å²) in [6, 6.07) is 8.43. The first-order valence-electron chi connectivity index (χ1n) is 7.45. The molecule has 4 heteroatoms. The predicted octanol–water partition coefficient (Wildman–Crippen LogP) is 2.77. The van der Waals surface area contributed by atoms with Gasteiger partial charge >= 0.3 is 0 Å². The molecule has 0 bridgehead atoms. The van der Waals surface area contributed by atoms with Crippen LogP contribution in [0.1, 0.15) is 31.4 Å². The van der Waals surface area contributed by atoms with Gasteiger partial charge in [0.1, 0.15) is 0 Å². The Morgan fingerprint density at radius 3 is 2.75 bits per heavy atom.